The Hall–Kier alpha value is -2.97. The highest BCUT2D eigenvalue weighted by Crippen LogP contribution is 2.59. The molecular weight excluding hydrogens is 376 g/mol. The van der Waals surface area contributed by atoms with Crippen LogP contribution in [0.3, 0.4) is 0 Å². The summed E-state index contributed by atoms with van der Waals surface area (Å²) in [5.41, 5.74) is 6.18. The predicted octanol–water partition coefficient (Wildman–Crippen LogP) is 4.25. The van der Waals surface area contributed by atoms with E-state index in [9.17, 15) is 9.90 Å². The lowest BCUT2D eigenvalue weighted by molar-refractivity contribution is -0.118. The van der Waals surface area contributed by atoms with Crippen LogP contribution in [0.25, 0.3) is 10.4 Å². The second-order valence-electron chi connectivity index (χ2n) is 8.89. The summed E-state index contributed by atoms with van der Waals surface area (Å²) in [6.45, 7) is 15.7. The maximum atomic E-state index is 13.5. The Bertz CT molecular complexity index is 1120. The van der Waals surface area contributed by atoms with Gasteiger partial charge in [0, 0.05) is 11.9 Å². The third-order valence-corrected chi connectivity index (χ3v) is 6.98. The number of aliphatic hydroxyl groups excluding tert-OH is 1. The number of ether oxygens (including phenoxy) is 1. The van der Waals surface area contributed by atoms with Crippen LogP contribution in [0.2, 0.25) is 0 Å². The minimum absolute atomic E-state index is 0.0887. The number of nitrogens with zero attached hydrogens (tertiary/aromatic N) is 2. The molecule has 0 unspecified atom stereocenters. The van der Waals surface area contributed by atoms with Gasteiger partial charge in [0.1, 0.15) is 11.9 Å². The highest BCUT2D eigenvalue weighted by Gasteiger charge is 2.69. The largest absolute Gasteiger partial charge is 0.511 e. The van der Waals surface area contributed by atoms with Crippen LogP contribution in [0.15, 0.2) is 36.2 Å². The van der Waals surface area contributed by atoms with Gasteiger partial charge in [-0.1, -0.05) is 23.8 Å². The quantitative estimate of drug-likeness (QED) is 0.766. The van der Waals surface area contributed by atoms with Crippen molar-refractivity contribution in [3.05, 3.63) is 81.1 Å². The normalized spacial score (nSPS) is 31.9. The van der Waals surface area contributed by atoms with Gasteiger partial charge in [0.25, 0.3) is 6.04 Å². The van der Waals surface area contributed by atoms with E-state index in [0.717, 1.165) is 33.5 Å². The van der Waals surface area contributed by atoms with Crippen molar-refractivity contribution in [3.63, 3.8) is 0 Å². The third-order valence-electron chi connectivity index (χ3n) is 6.98. The van der Waals surface area contributed by atoms with Crippen LogP contribution in [0.4, 0.5) is 0 Å². The number of fused-ring (bicyclic) bond motifs is 5. The standard InChI is InChI=1S/C25H24N2O3/c1-11-8-12(2)16(13(3)9-11)18-22(28)19-20(23(18)29)25-21(26-5)17(24(19)30-25)15-7-6-14(4)27-10-15/h6-10,17,19-21,24-25,28H,1-4H3/t17-,19-,20+,21+,24-,25-/m1/s1. The lowest BCUT2D eigenvalue weighted by Gasteiger charge is -2.28. The molecular formula is C25H24N2O3. The topological polar surface area (TPSA) is 63.8 Å². The number of rotatable bonds is 2. The van der Waals surface area contributed by atoms with Gasteiger partial charge in [0.15, 0.2) is 5.78 Å². The maximum absolute atomic E-state index is 13.5. The highest BCUT2D eigenvalue weighted by molar-refractivity contribution is 6.26. The zero-order chi connectivity index (χ0) is 21.3. The fourth-order valence-corrected chi connectivity index (χ4v) is 5.90. The van der Waals surface area contributed by atoms with Crippen LogP contribution in [0.1, 0.15) is 39.4 Å². The molecule has 2 aromatic rings. The summed E-state index contributed by atoms with van der Waals surface area (Å²) < 4.78 is 6.19. The Morgan fingerprint density at radius 3 is 2.33 bits per heavy atom. The van der Waals surface area contributed by atoms with Crippen molar-refractivity contribution < 1.29 is 14.6 Å². The van der Waals surface area contributed by atoms with Crippen molar-refractivity contribution in [1.29, 1.82) is 0 Å². The van der Waals surface area contributed by atoms with E-state index in [1.165, 1.54) is 0 Å². The predicted molar refractivity (Wildman–Crippen MR) is 113 cm³/mol. The second kappa shape index (κ2) is 6.52. The third kappa shape index (κ3) is 2.44. The summed E-state index contributed by atoms with van der Waals surface area (Å²) in [5.74, 6) is -1.05. The average molecular weight is 400 g/mol. The first-order valence-corrected chi connectivity index (χ1v) is 10.3. The molecule has 1 aliphatic carbocycles. The molecule has 5 heteroatoms. The summed E-state index contributed by atoms with van der Waals surface area (Å²) in [6, 6.07) is 7.55. The van der Waals surface area contributed by atoms with Crippen molar-refractivity contribution in [1.82, 2.24) is 4.98 Å². The molecule has 6 atom stereocenters. The van der Waals surface area contributed by atoms with Gasteiger partial charge in [-0.25, -0.2) is 6.57 Å². The number of aromatic nitrogens is 1. The lowest BCUT2D eigenvalue weighted by atomic mass is 9.70. The molecule has 5 nitrogen and oxygen atoms in total. The van der Waals surface area contributed by atoms with Gasteiger partial charge in [-0.2, -0.15) is 0 Å². The van der Waals surface area contributed by atoms with Gasteiger partial charge in [0.2, 0.25) is 0 Å². The SMILES string of the molecule is [C-]#[N+][C@@H]1[C@@H]2O[C@@H]([C@H]3C(O)=C(c4c(C)cc(C)cc4C)C(=O)[C@@H]23)[C@@H]1c1ccc(C)nc1. The minimum Gasteiger partial charge on any atom is -0.511 e. The van der Waals surface area contributed by atoms with E-state index in [2.05, 4.69) is 9.83 Å². The summed E-state index contributed by atoms with van der Waals surface area (Å²) in [7, 11) is 0. The van der Waals surface area contributed by atoms with Crippen molar-refractivity contribution in [3.8, 4) is 0 Å². The number of allylic oxidation sites excluding steroid dienone is 1. The van der Waals surface area contributed by atoms with E-state index in [1.54, 1.807) is 6.20 Å². The van der Waals surface area contributed by atoms with Gasteiger partial charge in [0.05, 0.1) is 29.4 Å². The number of aliphatic hydroxyl groups is 1. The van der Waals surface area contributed by atoms with Gasteiger partial charge >= 0.3 is 0 Å². The van der Waals surface area contributed by atoms with Crippen molar-refractivity contribution >= 4 is 11.4 Å². The number of pyridine rings is 1. The maximum Gasteiger partial charge on any atom is 0.259 e. The fourth-order valence-electron chi connectivity index (χ4n) is 5.90. The van der Waals surface area contributed by atoms with Crippen molar-refractivity contribution in [2.24, 2.45) is 11.8 Å². The Labute approximate surface area is 176 Å². The van der Waals surface area contributed by atoms with Crippen LogP contribution >= 0.6 is 0 Å². The number of Topliss-reactive ketones (excluding diaryl/α,β-unsaturated/α-hetero) is 1. The molecule has 30 heavy (non-hydrogen) atoms. The molecule has 2 saturated heterocycles. The zero-order valence-corrected chi connectivity index (χ0v) is 17.5. The van der Waals surface area contributed by atoms with Crippen molar-refractivity contribution in [2.45, 2.75) is 51.9 Å². The monoisotopic (exact) mass is 400 g/mol. The lowest BCUT2D eigenvalue weighted by Crippen LogP contribution is -2.41. The van der Waals surface area contributed by atoms with Crippen LogP contribution in [-0.2, 0) is 9.53 Å². The summed E-state index contributed by atoms with van der Waals surface area (Å²) in [6.07, 6.45) is 0.905. The molecule has 2 fully saturated rings. The van der Waals surface area contributed by atoms with Crippen molar-refractivity contribution in [2.75, 3.05) is 0 Å². The van der Waals surface area contributed by atoms with Crippen LogP contribution < -0.4 is 0 Å². The average Bonchev–Trinajstić information content (AvgIpc) is 3.33. The van der Waals surface area contributed by atoms with Crippen LogP contribution in [0, 0.1) is 46.1 Å². The molecule has 1 aromatic carbocycles. The number of hydrogen-bond donors (Lipinski definition) is 1. The molecule has 5 rings (SSSR count). The first-order valence-electron chi connectivity index (χ1n) is 10.3. The van der Waals surface area contributed by atoms with E-state index in [1.807, 2.05) is 52.0 Å². The van der Waals surface area contributed by atoms with E-state index in [-0.39, 0.29) is 17.5 Å². The zero-order valence-electron chi connectivity index (χ0n) is 17.5. The number of carbonyl (C=O) groups excluding carboxylic acids is 1. The van der Waals surface area contributed by atoms with Gasteiger partial charge < -0.3 is 14.7 Å². The highest BCUT2D eigenvalue weighted by atomic mass is 16.5. The number of aryl methyl sites for hydroxylation is 4. The minimum atomic E-state index is -0.498. The molecule has 2 bridgehead atoms. The van der Waals surface area contributed by atoms with Crippen LogP contribution in [-0.4, -0.2) is 34.1 Å². The summed E-state index contributed by atoms with van der Waals surface area (Å²) >= 11 is 0. The molecule has 0 amide bonds. The molecule has 3 aliphatic rings. The molecule has 3 heterocycles. The molecule has 152 valence electrons. The molecule has 2 aliphatic heterocycles. The van der Waals surface area contributed by atoms with Crippen LogP contribution in [0.5, 0.6) is 0 Å². The summed E-state index contributed by atoms with van der Waals surface area (Å²) in [4.78, 5) is 21.8. The first-order chi connectivity index (χ1) is 14.3. The van der Waals surface area contributed by atoms with E-state index in [0.29, 0.717) is 5.57 Å². The van der Waals surface area contributed by atoms with E-state index >= 15 is 0 Å². The molecule has 1 N–H and O–H groups in total. The molecule has 0 radical (unpaired) electrons. The molecule has 0 spiro atoms. The number of benzene rings is 1. The number of carbonyl (C=O) groups is 1. The fraction of sp³-hybridized carbons (Fsp3) is 0.400. The molecule has 1 aromatic heterocycles. The Morgan fingerprint density at radius 1 is 1.03 bits per heavy atom. The Kier molecular flexibility index (Phi) is 4.13. The van der Waals surface area contributed by atoms with Gasteiger partial charge in [-0.15, -0.1) is 0 Å². The number of ketones is 1. The van der Waals surface area contributed by atoms with E-state index in [4.69, 9.17) is 11.3 Å². The van der Waals surface area contributed by atoms with E-state index < -0.39 is 30.1 Å². The van der Waals surface area contributed by atoms with Gasteiger partial charge in [-0.3, -0.25) is 9.78 Å². The Balaban J connectivity index is 1.62. The second-order valence-corrected chi connectivity index (χ2v) is 8.89. The molecule has 0 saturated carbocycles. The first kappa shape index (κ1) is 19.0. The van der Waals surface area contributed by atoms with Gasteiger partial charge in [-0.05, 0) is 56.0 Å². The summed E-state index contributed by atoms with van der Waals surface area (Å²) in [5, 5.41) is 11.3. The smallest absolute Gasteiger partial charge is 0.259 e. The Morgan fingerprint density at radius 2 is 1.73 bits per heavy atom. The number of hydrogen-bond acceptors (Lipinski definition) is 4.